The van der Waals surface area contributed by atoms with Gasteiger partial charge >= 0.3 is 29.6 Å². The average molecular weight is 396 g/mol. The van der Waals surface area contributed by atoms with E-state index in [0.29, 0.717) is 12.8 Å². The van der Waals surface area contributed by atoms with Crippen LogP contribution in [-0.2, 0) is 35.0 Å². The van der Waals surface area contributed by atoms with Gasteiger partial charge in [-0.1, -0.05) is 0 Å². The maximum Gasteiger partial charge on any atom is 0.332 e. The summed E-state index contributed by atoms with van der Waals surface area (Å²) in [6.45, 7) is 0.0354. The van der Waals surface area contributed by atoms with Gasteiger partial charge in [0.2, 0.25) is 0 Å². The fraction of sp³-hybridized carbons (Fsp3) is 0.500. The van der Waals surface area contributed by atoms with Crippen molar-refractivity contribution in [1.82, 2.24) is 18.7 Å². The molecule has 0 amide bonds. The number of hydrogen-bond donors (Lipinski definition) is 2. The molecule has 2 N–H and O–H groups in total. The van der Waals surface area contributed by atoms with E-state index in [9.17, 15) is 24.0 Å². The summed E-state index contributed by atoms with van der Waals surface area (Å²) >= 11 is 0. The maximum atomic E-state index is 12.7. The van der Waals surface area contributed by atoms with Gasteiger partial charge in [-0.25, -0.2) is 4.79 Å². The number of imidazole rings is 1. The zero-order chi connectivity index (χ0) is 21.0. The number of nitrogens with zero attached hydrogens (tertiary/aromatic N) is 4. The highest BCUT2D eigenvalue weighted by Gasteiger charge is 2.21. The van der Waals surface area contributed by atoms with Crippen molar-refractivity contribution in [3.05, 3.63) is 20.8 Å². The second-order valence-electron chi connectivity index (χ2n) is 6.14. The van der Waals surface area contributed by atoms with E-state index in [4.69, 9.17) is 14.9 Å². The smallest absolute Gasteiger partial charge is 0.332 e. The highest BCUT2D eigenvalue weighted by molar-refractivity contribution is 5.79. The Morgan fingerprint density at radius 1 is 0.964 bits per heavy atom. The summed E-state index contributed by atoms with van der Waals surface area (Å²) in [6, 6.07) is -0.235. The molecule has 0 aliphatic rings. The van der Waals surface area contributed by atoms with E-state index >= 15 is 0 Å². The first-order valence-corrected chi connectivity index (χ1v) is 8.44. The third-order valence-corrected chi connectivity index (χ3v) is 4.09. The van der Waals surface area contributed by atoms with Gasteiger partial charge in [0.1, 0.15) is 0 Å². The number of ether oxygens (including phenoxy) is 1. The molecule has 152 valence electrons. The SMILES string of the molecule is Cn1c(OC(=O)CCC(=O)O)nc2c1c(=O)n(CCCCC(=O)O)c(=O)n2C. The van der Waals surface area contributed by atoms with E-state index in [0.717, 1.165) is 9.13 Å². The third kappa shape index (κ3) is 4.45. The van der Waals surface area contributed by atoms with E-state index in [2.05, 4.69) is 4.98 Å². The number of rotatable bonds is 9. The fourth-order valence-electron chi connectivity index (χ4n) is 2.62. The number of unbranched alkanes of at least 4 members (excludes halogenated alkanes) is 1. The molecule has 0 unspecified atom stereocenters. The van der Waals surface area contributed by atoms with Gasteiger partial charge in [0.05, 0.1) is 12.8 Å². The van der Waals surface area contributed by atoms with Crippen molar-refractivity contribution in [1.29, 1.82) is 0 Å². The number of aryl methyl sites for hydroxylation is 2. The van der Waals surface area contributed by atoms with E-state index in [1.54, 1.807) is 0 Å². The second kappa shape index (κ2) is 8.50. The summed E-state index contributed by atoms with van der Waals surface area (Å²) < 4.78 is 8.33. The molecule has 0 aromatic carbocycles. The number of aliphatic carboxylic acids is 2. The molecule has 2 rings (SSSR count). The first-order valence-electron chi connectivity index (χ1n) is 8.44. The molecule has 28 heavy (non-hydrogen) atoms. The van der Waals surface area contributed by atoms with Crippen LogP contribution in [0.25, 0.3) is 11.2 Å². The Hall–Kier alpha value is -3.44. The third-order valence-electron chi connectivity index (χ3n) is 4.09. The minimum atomic E-state index is -1.16. The topological polar surface area (TPSA) is 163 Å². The Labute approximate surface area is 157 Å². The molecule has 2 aromatic rings. The monoisotopic (exact) mass is 396 g/mol. The summed E-state index contributed by atoms with van der Waals surface area (Å²) in [7, 11) is 2.83. The lowest BCUT2D eigenvalue weighted by Crippen LogP contribution is -2.39. The Morgan fingerprint density at radius 3 is 2.21 bits per heavy atom. The Balaban J connectivity index is 2.35. The van der Waals surface area contributed by atoms with Crippen molar-refractivity contribution >= 4 is 29.1 Å². The first-order chi connectivity index (χ1) is 13.1. The lowest BCUT2D eigenvalue weighted by molar-refractivity contribution is -0.142. The van der Waals surface area contributed by atoms with E-state index in [-0.39, 0.29) is 36.6 Å². The highest BCUT2D eigenvalue weighted by atomic mass is 16.5. The van der Waals surface area contributed by atoms with Crippen LogP contribution in [0, 0.1) is 0 Å². The molecule has 0 atom stereocenters. The number of carboxylic acids is 2. The van der Waals surface area contributed by atoms with Crippen LogP contribution < -0.4 is 16.0 Å². The first kappa shape index (κ1) is 20.9. The van der Waals surface area contributed by atoms with Crippen LogP contribution in [0.4, 0.5) is 0 Å². The van der Waals surface area contributed by atoms with Crippen molar-refractivity contribution in [3.8, 4) is 6.01 Å². The van der Waals surface area contributed by atoms with Crippen LogP contribution in [0.1, 0.15) is 32.1 Å². The van der Waals surface area contributed by atoms with E-state index in [1.807, 2.05) is 0 Å². The molecular formula is C16H20N4O8. The van der Waals surface area contributed by atoms with Gasteiger partial charge in [-0.3, -0.25) is 32.9 Å². The molecular weight excluding hydrogens is 376 g/mol. The van der Waals surface area contributed by atoms with Gasteiger partial charge in [0.25, 0.3) is 5.56 Å². The van der Waals surface area contributed by atoms with Crippen molar-refractivity contribution in [2.24, 2.45) is 14.1 Å². The maximum absolute atomic E-state index is 12.7. The number of carbonyl (C=O) groups excluding carboxylic acids is 1. The molecule has 2 aromatic heterocycles. The lowest BCUT2D eigenvalue weighted by Gasteiger charge is -2.08. The number of fused-ring (bicyclic) bond motifs is 1. The minimum Gasteiger partial charge on any atom is -0.481 e. The predicted octanol–water partition coefficient (Wildman–Crippen LogP) is -0.541. The van der Waals surface area contributed by atoms with Gasteiger partial charge in [-0.15, -0.1) is 0 Å². The van der Waals surface area contributed by atoms with Crippen molar-refractivity contribution in [3.63, 3.8) is 0 Å². The van der Waals surface area contributed by atoms with Crippen LogP contribution in [0.5, 0.6) is 6.01 Å². The molecule has 0 fully saturated rings. The molecule has 0 spiro atoms. The number of aromatic nitrogens is 4. The molecule has 0 saturated heterocycles. The van der Waals surface area contributed by atoms with Crippen molar-refractivity contribution in [2.75, 3.05) is 0 Å². The van der Waals surface area contributed by atoms with Crippen LogP contribution >= 0.6 is 0 Å². The molecule has 12 heteroatoms. The van der Waals surface area contributed by atoms with E-state index in [1.165, 1.54) is 18.7 Å². The number of carboxylic acid groups (broad SMARTS) is 2. The van der Waals surface area contributed by atoms with Gasteiger partial charge in [0.15, 0.2) is 11.2 Å². The Morgan fingerprint density at radius 2 is 1.61 bits per heavy atom. The molecule has 0 aliphatic carbocycles. The minimum absolute atomic E-state index is 0.0142. The molecule has 0 aliphatic heterocycles. The van der Waals surface area contributed by atoms with Gasteiger partial charge in [-0.05, 0) is 12.8 Å². The number of esters is 1. The molecule has 2 heterocycles. The summed E-state index contributed by atoms with van der Waals surface area (Å²) in [6.07, 6.45) is -0.224. The molecule has 0 radical (unpaired) electrons. The van der Waals surface area contributed by atoms with Crippen molar-refractivity contribution < 1.29 is 29.3 Å². The second-order valence-corrected chi connectivity index (χ2v) is 6.14. The summed E-state index contributed by atoms with van der Waals surface area (Å²) in [5.74, 6) is -2.95. The average Bonchev–Trinajstić information content (AvgIpc) is 2.94. The summed E-state index contributed by atoms with van der Waals surface area (Å²) in [5.41, 5.74) is -1.23. The van der Waals surface area contributed by atoms with Gasteiger partial charge < -0.3 is 14.9 Å². The normalized spacial score (nSPS) is 10.9. The summed E-state index contributed by atoms with van der Waals surface area (Å²) in [5, 5.41) is 17.3. The molecule has 0 saturated carbocycles. The Kier molecular flexibility index (Phi) is 6.33. The molecule has 0 bridgehead atoms. The predicted molar refractivity (Wildman–Crippen MR) is 94.2 cm³/mol. The highest BCUT2D eigenvalue weighted by Crippen LogP contribution is 2.16. The largest absolute Gasteiger partial charge is 0.481 e. The fourth-order valence-corrected chi connectivity index (χ4v) is 2.62. The Bertz CT molecular complexity index is 1050. The number of hydrogen-bond acceptors (Lipinski definition) is 7. The lowest BCUT2D eigenvalue weighted by atomic mass is 10.2. The van der Waals surface area contributed by atoms with Crippen LogP contribution in [0.2, 0.25) is 0 Å². The van der Waals surface area contributed by atoms with Crippen LogP contribution in [-0.4, -0.2) is 46.8 Å². The van der Waals surface area contributed by atoms with Crippen LogP contribution in [0.3, 0.4) is 0 Å². The van der Waals surface area contributed by atoms with Crippen molar-refractivity contribution in [2.45, 2.75) is 38.6 Å². The van der Waals surface area contributed by atoms with Gasteiger partial charge in [0, 0.05) is 27.1 Å². The number of carbonyl (C=O) groups is 3. The quantitative estimate of drug-likeness (QED) is 0.418. The van der Waals surface area contributed by atoms with Gasteiger partial charge in [-0.2, -0.15) is 4.98 Å². The van der Waals surface area contributed by atoms with Crippen LogP contribution in [0.15, 0.2) is 9.59 Å². The zero-order valence-electron chi connectivity index (χ0n) is 15.4. The zero-order valence-corrected chi connectivity index (χ0v) is 15.4. The standard InChI is InChI=1S/C16H20N4O8/c1-18-12-13(17-15(18)28-11(25)7-6-10(23)24)19(2)16(27)20(14(12)26)8-4-3-5-9(21)22/h3-8H2,1-2H3,(H,21,22)(H,23,24). The molecule has 12 nitrogen and oxygen atoms in total. The summed E-state index contributed by atoms with van der Waals surface area (Å²) in [4.78, 5) is 62.0. The van der Waals surface area contributed by atoms with E-state index < -0.39 is 35.6 Å².